The van der Waals surface area contributed by atoms with E-state index < -0.39 is 6.10 Å². The number of aliphatic hydroxyl groups excluding tert-OH is 1. The number of hydrogen-bond acceptors (Lipinski definition) is 3. The van der Waals surface area contributed by atoms with Crippen LogP contribution in [0.1, 0.15) is 23.5 Å². The summed E-state index contributed by atoms with van der Waals surface area (Å²) in [7, 11) is 0. The second kappa shape index (κ2) is 5.12. The molecule has 16 heavy (non-hydrogen) atoms. The Morgan fingerprint density at radius 1 is 1.62 bits per heavy atom. The van der Waals surface area contributed by atoms with Crippen LogP contribution in [0.3, 0.4) is 0 Å². The molecule has 3 nitrogen and oxygen atoms in total. The fourth-order valence-corrected chi connectivity index (χ4v) is 3.17. The van der Waals surface area contributed by atoms with E-state index in [-0.39, 0.29) is 0 Å². The lowest BCUT2D eigenvalue weighted by atomic mass is 10.1. The molecular weight excluding hydrogens is 288 g/mol. The minimum absolute atomic E-state index is 0.455. The Labute approximate surface area is 107 Å². The highest BCUT2D eigenvalue weighted by Crippen LogP contribution is 2.30. The highest BCUT2D eigenvalue weighted by atomic mass is 79.9. The predicted octanol–water partition coefficient (Wildman–Crippen LogP) is 3.00. The summed E-state index contributed by atoms with van der Waals surface area (Å²) in [5, 5.41) is 16.2. The summed E-state index contributed by atoms with van der Waals surface area (Å²) >= 11 is 4.99. The van der Waals surface area contributed by atoms with Gasteiger partial charge >= 0.3 is 0 Å². The smallest absolute Gasteiger partial charge is 0.0934 e. The lowest BCUT2D eigenvalue weighted by Gasteiger charge is -2.07. The molecule has 0 saturated carbocycles. The van der Waals surface area contributed by atoms with Crippen LogP contribution < -0.4 is 0 Å². The number of thiophene rings is 1. The van der Waals surface area contributed by atoms with Crippen molar-refractivity contribution in [3.63, 3.8) is 0 Å². The summed E-state index contributed by atoms with van der Waals surface area (Å²) in [4.78, 5) is 0.976. The maximum atomic E-state index is 10.1. The number of aromatic nitrogens is 2. The number of aliphatic hydroxyl groups is 1. The number of rotatable bonds is 4. The van der Waals surface area contributed by atoms with E-state index in [1.807, 2.05) is 35.4 Å². The maximum Gasteiger partial charge on any atom is 0.0934 e. The molecule has 0 radical (unpaired) electrons. The number of hydrogen-bond donors (Lipinski definition) is 1. The fraction of sp³-hybridized carbons (Fsp3) is 0.364. The molecule has 2 aromatic heterocycles. The molecule has 1 N–H and O–H groups in total. The second-order valence-corrected chi connectivity index (χ2v) is 5.36. The zero-order valence-corrected chi connectivity index (χ0v) is 11.3. The van der Waals surface area contributed by atoms with Crippen molar-refractivity contribution in [3.8, 4) is 0 Å². The van der Waals surface area contributed by atoms with E-state index in [1.165, 1.54) is 0 Å². The van der Waals surface area contributed by atoms with E-state index in [0.29, 0.717) is 6.42 Å². The Bertz CT molecular complexity index is 466. The third-order valence-corrected chi connectivity index (χ3v) is 4.36. The van der Waals surface area contributed by atoms with Gasteiger partial charge in [-0.25, -0.2) is 0 Å². The molecule has 0 saturated heterocycles. The van der Waals surface area contributed by atoms with Gasteiger partial charge in [0.1, 0.15) is 0 Å². The largest absolute Gasteiger partial charge is 0.387 e. The molecule has 0 aromatic carbocycles. The number of halogens is 1. The molecule has 0 fully saturated rings. The summed E-state index contributed by atoms with van der Waals surface area (Å²) in [6, 6.07) is 1.96. The molecular formula is C11H13BrN2OS. The van der Waals surface area contributed by atoms with Crippen LogP contribution in [0, 0.1) is 0 Å². The summed E-state index contributed by atoms with van der Waals surface area (Å²) in [5.74, 6) is 0. The molecule has 2 rings (SSSR count). The maximum absolute atomic E-state index is 10.1. The van der Waals surface area contributed by atoms with Crippen LogP contribution in [0.5, 0.6) is 0 Å². The molecule has 0 spiro atoms. The first-order chi connectivity index (χ1) is 7.70. The average molecular weight is 301 g/mol. The van der Waals surface area contributed by atoms with Crippen molar-refractivity contribution in [2.24, 2.45) is 0 Å². The molecule has 1 unspecified atom stereocenters. The van der Waals surface area contributed by atoms with E-state index in [9.17, 15) is 5.11 Å². The van der Waals surface area contributed by atoms with Crippen molar-refractivity contribution >= 4 is 27.3 Å². The van der Waals surface area contributed by atoms with Crippen LogP contribution in [-0.4, -0.2) is 14.9 Å². The Hall–Kier alpha value is -0.650. The van der Waals surface area contributed by atoms with Crippen LogP contribution in [0.25, 0.3) is 0 Å². The van der Waals surface area contributed by atoms with Crippen molar-refractivity contribution in [1.82, 2.24) is 9.78 Å². The van der Waals surface area contributed by atoms with Crippen molar-refractivity contribution in [2.75, 3.05) is 0 Å². The molecule has 1 atom stereocenters. The third-order valence-electron chi connectivity index (χ3n) is 2.39. The van der Waals surface area contributed by atoms with Gasteiger partial charge in [-0.3, -0.25) is 4.68 Å². The highest BCUT2D eigenvalue weighted by Gasteiger charge is 2.14. The summed E-state index contributed by atoms with van der Waals surface area (Å²) in [5.41, 5.74) is 1.06. The van der Waals surface area contributed by atoms with Crippen LogP contribution in [0.15, 0.2) is 28.3 Å². The zero-order chi connectivity index (χ0) is 11.5. The lowest BCUT2D eigenvalue weighted by Crippen LogP contribution is -1.99. The van der Waals surface area contributed by atoms with Crippen molar-refractivity contribution in [3.05, 3.63) is 38.8 Å². The van der Waals surface area contributed by atoms with E-state index in [1.54, 1.807) is 11.3 Å². The molecule has 86 valence electrons. The van der Waals surface area contributed by atoms with Crippen LogP contribution in [0.2, 0.25) is 0 Å². The molecule has 0 amide bonds. The molecule has 2 heterocycles. The minimum Gasteiger partial charge on any atom is -0.387 e. The quantitative estimate of drug-likeness (QED) is 0.942. The van der Waals surface area contributed by atoms with Crippen molar-refractivity contribution < 1.29 is 5.11 Å². The number of nitrogens with zero attached hydrogens (tertiary/aromatic N) is 2. The van der Waals surface area contributed by atoms with E-state index in [0.717, 1.165) is 21.5 Å². The van der Waals surface area contributed by atoms with Gasteiger partial charge < -0.3 is 5.11 Å². The van der Waals surface area contributed by atoms with E-state index >= 15 is 0 Å². The Kier molecular flexibility index (Phi) is 3.78. The van der Waals surface area contributed by atoms with Crippen LogP contribution in [0.4, 0.5) is 0 Å². The minimum atomic E-state index is -0.455. The van der Waals surface area contributed by atoms with Crippen molar-refractivity contribution in [1.29, 1.82) is 0 Å². The average Bonchev–Trinajstić information content (AvgIpc) is 2.86. The first-order valence-corrected chi connectivity index (χ1v) is 6.80. The second-order valence-electron chi connectivity index (χ2n) is 3.56. The number of aryl methyl sites for hydroxylation is 1. The van der Waals surface area contributed by atoms with Gasteiger partial charge in [0.15, 0.2) is 0 Å². The molecule has 0 bridgehead atoms. The predicted molar refractivity (Wildman–Crippen MR) is 68.6 cm³/mol. The molecule has 2 aromatic rings. The molecule has 0 aliphatic rings. The normalized spacial score (nSPS) is 12.9. The molecule has 0 aliphatic carbocycles. The summed E-state index contributed by atoms with van der Waals surface area (Å²) in [6.07, 6.45) is 3.95. The molecule has 0 aliphatic heterocycles. The van der Waals surface area contributed by atoms with Gasteiger partial charge in [0.05, 0.1) is 12.3 Å². The van der Waals surface area contributed by atoms with Gasteiger partial charge in [-0.15, -0.1) is 11.3 Å². The van der Waals surface area contributed by atoms with E-state index in [2.05, 4.69) is 21.0 Å². The topological polar surface area (TPSA) is 38.0 Å². The first kappa shape index (κ1) is 11.8. The van der Waals surface area contributed by atoms with Crippen LogP contribution in [-0.2, 0) is 13.0 Å². The van der Waals surface area contributed by atoms with Gasteiger partial charge in [-0.05, 0) is 39.9 Å². The zero-order valence-electron chi connectivity index (χ0n) is 8.93. The van der Waals surface area contributed by atoms with Gasteiger partial charge in [0, 0.05) is 28.5 Å². The van der Waals surface area contributed by atoms with Gasteiger partial charge in [-0.1, -0.05) is 0 Å². The Morgan fingerprint density at radius 3 is 3.00 bits per heavy atom. The monoisotopic (exact) mass is 300 g/mol. The SMILES string of the molecule is CCn1cc(CC(O)c2sccc2Br)cn1. The summed E-state index contributed by atoms with van der Waals surface area (Å²) < 4.78 is 2.85. The van der Waals surface area contributed by atoms with Gasteiger partial charge in [-0.2, -0.15) is 5.10 Å². The first-order valence-electron chi connectivity index (χ1n) is 5.13. The van der Waals surface area contributed by atoms with Crippen molar-refractivity contribution in [2.45, 2.75) is 26.0 Å². The lowest BCUT2D eigenvalue weighted by molar-refractivity contribution is 0.181. The molecule has 5 heteroatoms. The summed E-state index contributed by atoms with van der Waals surface area (Å²) in [6.45, 7) is 2.90. The standard InChI is InChI=1S/C11H13BrN2OS/c1-2-14-7-8(6-13-14)5-10(15)11-9(12)3-4-16-11/h3-4,6-7,10,15H,2,5H2,1H3. The van der Waals surface area contributed by atoms with Crippen LogP contribution >= 0.6 is 27.3 Å². The Morgan fingerprint density at radius 2 is 2.44 bits per heavy atom. The Balaban J connectivity index is 2.07. The van der Waals surface area contributed by atoms with Gasteiger partial charge in [0.25, 0.3) is 0 Å². The van der Waals surface area contributed by atoms with Gasteiger partial charge in [0.2, 0.25) is 0 Å². The highest BCUT2D eigenvalue weighted by molar-refractivity contribution is 9.10. The van der Waals surface area contributed by atoms with E-state index in [4.69, 9.17) is 0 Å². The third kappa shape index (κ3) is 2.53. The fourth-order valence-electron chi connectivity index (χ4n) is 1.54.